The molecule has 1 saturated heterocycles. The van der Waals surface area contributed by atoms with E-state index in [-0.39, 0.29) is 11.9 Å². The second-order valence-corrected chi connectivity index (χ2v) is 6.56. The average Bonchev–Trinajstić information content (AvgIpc) is 2.96. The van der Waals surface area contributed by atoms with E-state index in [1.165, 1.54) is 0 Å². The Balaban J connectivity index is 1.59. The van der Waals surface area contributed by atoms with E-state index in [2.05, 4.69) is 22.0 Å². The van der Waals surface area contributed by atoms with E-state index in [1.807, 2.05) is 37.2 Å². The topological polar surface area (TPSA) is 57.6 Å². The molecule has 1 aromatic heterocycles. The van der Waals surface area contributed by atoms with E-state index in [0.29, 0.717) is 39.1 Å². The molecular weight excluding hydrogens is 316 g/mol. The third-order valence-corrected chi connectivity index (χ3v) is 4.77. The quantitative estimate of drug-likeness (QED) is 0.924. The summed E-state index contributed by atoms with van der Waals surface area (Å²) in [4.78, 5) is 28.3. The molecule has 1 fully saturated rings. The van der Waals surface area contributed by atoms with Crippen LogP contribution in [0.5, 0.6) is 0 Å². The van der Waals surface area contributed by atoms with Gasteiger partial charge in [0.2, 0.25) is 5.91 Å². The molecule has 1 aliphatic heterocycles. The number of hydrogen-bond donors (Lipinski definition) is 1. The monoisotopic (exact) mass is 342 g/mol. The van der Waals surface area contributed by atoms with Gasteiger partial charge in [0.25, 0.3) is 0 Å². The summed E-state index contributed by atoms with van der Waals surface area (Å²) in [7, 11) is 2.00. The van der Waals surface area contributed by atoms with Gasteiger partial charge in [-0.3, -0.25) is 4.79 Å². The van der Waals surface area contributed by atoms with Crippen LogP contribution in [0.25, 0.3) is 10.9 Å². The highest BCUT2D eigenvalue weighted by atomic mass is 16.2. The largest absolute Gasteiger partial charge is 0.350 e. The fourth-order valence-electron chi connectivity index (χ4n) is 3.34. The van der Waals surface area contributed by atoms with E-state index >= 15 is 0 Å². The van der Waals surface area contributed by atoms with Crippen molar-refractivity contribution in [1.82, 2.24) is 19.7 Å². The number of fused-ring (bicyclic) bond motifs is 1. The van der Waals surface area contributed by atoms with Crippen LogP contribution in [0.2, 0.25) is 0 Å². The van der Waals surface area contributed by atoms with Crippen molar-refractivity contribution in [2.45, 2.75) is 19.8 Å². The van der Waals surface area contributed by atoms with Crippen molar-refractivity contribution in [3.05, 3.63) is 36.0 Å². The molecule has 0 bridgehead atoms. The molecule has 0 spiro atoms. The summed E-state index contributed by atoms with van der Waals surface area (Å²) in [6.07, 6.45) is 3.37. The number of urea groups is 1. The number of nitrogens with zero attached hydrogens (tertiary/aromatic N) is 3. The molecule has 1 aromatic carbocycles. The van der Waals surface area contributed by atoms with Crippen LogP contribution in [0.15, 0.2) is 30.5 Å². The highest BCUT2D eigenvalue weighted by molar-refractivity contribution is 5.89. The van der Waals surface area contributed by atoms with Gasteiger partial charge in [0.15, 0.2) is 0 Å². The Morgan fingerprint density at radius 3 is 2.48 bits per heavy atom. The third-order valence-electron chi connectivity index (χ3n) is 4.77. The number of carbonyl (C=O) groups is 2. The summed E-state index contributed by atoms with van der Waals surface area (Å²) in [6.45, 7) is 5.11. The van der Waals surface area contributed by atoms with Crippen LogP contribution in [0, 0.1) is 0 Å². The van der Waals surface area contributed by atoms with Gasteiger partial charge in [-0.2, -0.15) is 0 Å². The van der Waals surface area contributed by atoms with Gasteiger partial charge in [-0.05, 0) is 18.1 Å². The minimum Gasteiger partial charge on any atom is -0.350 e. The fraction of sp³-hybridized carbons (Fsp3) is 0.474. The van der Waals surface area contributed by atoms with E-state index in [9.17, 15) is 9.59 Å². The Morgan fingerprint density at radius 2 is 1.76 bits per heavy atom. The zero-order valence-electron chi connectivity index (χ0n) is 15.0. The number of piperazine rings is 1. The number of carbonyl (C=O) groups excluding carboxylic acids is 2. The van der Waals surface area contributed by atoms with Gasteiger partial charge >= 0.3 is 6.03 Å². The van der Waals surface area contributed by atoms with Gasteiger partial charge < -0.3 is 19.7 Å². The van der Waals surface area contributed by atoms with Crippen LogP contribution in [0.3, 0.4) is 0 Å². The number of benzene rings is 1. The van der Waals surface area contributed by atoms with Crippen molar-refractivity contribution < 1.29 is 9.59 Å². The molecular formula is C19H26N4O2. The molecule has 0 radical (unpaired) electrons. The first-order chi connectivity index (χ1) is 12.1. The Morgan fingerprint density at radius 1 is 1.08 bits per heavy atom. The lowest BCUT2D eigenvalue weighted by Gasteiger charge is -2.34. The fourth-order valence-corrected chi connectivity index (χ4v) is 3.34. The lowest BCUT2D eigenvalue weighted by molar-refractivity contribution is -0.131. The van der Waals surface area contributed by atoms with Crippen LogP contribution >= 0.6 is 0 Å². The maximum absolute atomic E-state index is 12.7. The Kier molecular flexibility index (Phi) is 5.26. The third kappa shape index (κ3) is 3.78. The molecule has 0 unspecified atom stereocenters. The smallest absolute Gasteiger partial charge is 0.317 e. The molecule has 3 amide bonds. The lowest BCUT2D eigenvalue weighted by atomic mass is 10.1. The average molecular weight is 342 g/mol. The summed E-state index contributed by atoms with van der Waals surface area (Å²) < 4.78 is 2.06. The summed E-state index contributed by atoms with van der Waals surface area (Å²) in [6, 6.07) is 8.12. The van der Waals surface area contributed by atoms with Crippen LogP contribution in [-0.2, 0) is 18.3 Å². The van der Waals surface area contributed by atoms with Gasteiger partial charge in [-0.15, -0.1) is 0 Å². The first kappa shape index (κ1) is 17.3. The van der Waals surface area contributed by atoms with Crippen molar-refractivity contribution in [3.8, 4) is 0 Å². The first-order valence-corrected chi connectivity index (χ1v) is 8.93. The van der Waals surface area contributed by atoms with Crippen molar-refractivity contribution in [2.75, 3.05) is 32.7 Å². The van der Waals surface area contributed by atoms with E-state index in [1.54, 1.807) is 4.90 Å². The van der Waals surface area contributed by atoms with Crippen molar-refractivity contribution >= 4 is 22.8 Å². The maximum Gasteiger partial charge on any atom is 0.317 e. The molecule has 0 saturated carbocycles. The number of amides is 3. The van der Waals surface area contributed by atoms with Crippen LogP contribution in [0.4, 0.5) is 4.79 Å². The number of hydrogen-bond acceptors (Lipinski definition) is 2. The number of aromatic nitrogens is 1. The molecule has 1 aliphatic rings. The molecule has 6 heteroatoms. The molecule has 2 heterocycles. The zero-order valence-corrected chi connectivity index (χ0v) is 15.0. The summed E-state index contributed by atoms with van der Waals surface area (Å²) in [5.41, 5.74) is 2.20. The Labute approximate surface area is 148 Å². The summed E-state index contributed by atoms with van der Waals surface area (Å²) in [5, 5.41) is 4.02. The number of nitrogens with one attached hydrogen (secondary N) is 1. The number of aryl methyl sites for hydroxylation is 1. The van der Waals surface area contributed by atoms with E-state index in [4.69, 9.17) is 0 Å². The normalized spacial score (nSPS) is 14.8. The van der Waals surface area contributed by atoms with Crippen molar-refractivity contribution in [1.29, 1.82) is 0 Å². The Bertz CT molecular complexity index is 760. The van der Waals surface area contributed by atoms with Crippen molar-refractivity contribution in [3.63, 3.8) is 0 Å². The molecule has 2 aromatic rings. The van der Waals surface area contributed by atoms with Gasteiger partial charge in [-0.25, -0.2) is 4.79 Å². The van der Waals surface area contributed by atoms with Crippen molar-refractivity contribution in [2.24, 2.45) is 7.05 Å². The second-order valence-electron chi connectivity index (χ2n) is 6.56. The van der Waals surface area contributed by atoms with Crippen LogP contribution < -0.4 is 5.32 Å². The van der Waals surface area contributed by atoms with Crippen LogP contribution in [0.1, 0.15) is 18.9 Å². The molecule has 0 aliphatic carbocycles. The van der Waals surface area contributed by atoms with E-state index in [0.717, 1.165) is 22.9 Å². The predicted molar refractivity (Wildman–Crippen MR) is 98.5 cm³/mol. The highest BCUT2D eigenvalue weighted by Crippen LogP contribution is 2.21. The second kappa shape index (κ2) is 7.59. The minimum absolute atomic E-state index is 0.0250. The standard InChI is InChI=1S/C19H26N4O2/c1-3-8-20-19(25)23-11-9-22(10-12-23)18(24)13-15-14-21(2)17-7-5-4-6-16(15)17/h4-7,14H,3,8-13H2,1-2H3,(H,20,25). The zero-order chi connectivity index (χ0) is 17.8. The molecule has 1 N–H and O–H groups in total. The number of para-hydroxylation sites is 1. The molecule has 25 heavy (non-hydrogen) atoms. The highest BCUT2D eigenvalue weighted by Gasteiger charge is 2.24. The molecule has 6 nitrogen and oxygen atoms in total. The van der Waals surface area contributed by atoms with Gasteiger partial charge in [-0.1, -0.05) is 25.1 Å². The molecule has 0 atom stereocenters. The minimum atomic E-state index is -0.0250. The molecule has 134 valence electrons. The van der Waals surface area contributed by atoms with E-state index < -0.39 is 0 Å². The maximum atomic E-state index is 12.7. The Hall–Kier alpha value is -2.50. The molecule has 3 rings (SSSR count). The van der Waals surface area contributed by atoms with Gasteiger partial charge in [0, 0.05) is 56.9 Å². The summed E-state index contributed by atoms with van der Waals surface area (Å²) >= 11 is 0. The lowest BCUT2D eigenvalue weighted by Crippen LogP contribution is -2.53. The SMILES string of the molecule is CCCNC(=O)N1CCN(C(=O)Cc2cn(C)c3ccccc23)CC1. The first-order valence-electron chi connectivity index (χ1n) is 8.93. The van der Waals surface area contributed by atoms with Crippen LogP contribution in [-0.4, -0.2) is 59.0 Å². The predicted octanol–water partition coefficient (Wildman–Crippen LogP) is 1.98. The van der Waals surface area contributed by atoms with Gasteiger partial charge in [0.1, 0.15) is 0 Å². The van der Waals surface area contributed by atoms with Gasteiger partial charge in [0.05, 0.1) is 6.42 Å². The summed E-state index contributed by atoms with van der Waals surface area (Å²) in [5.74, 6) is 0.130. The number of rotatable bonds is 4.